The number of aromatic amines is 1. The highest BCUT2D eigenvalue weighted by Crippen LogP contribution is 2.20. The van der Waals surface area contributed by atoms with E-state index in [1.54, 1.807) is 0 Å². The van der Waals surface area contributed by atoms with Crippen molar-refractivity contribution in [2.75, 3.05) is 0 Å². The van der Waals surface area contributed by atoms with Gasteiger partial charge in [-0.3, -0.25) is 0 Å². The van der Waals surface area contributed by atoms with Crippen molar-refractivity contribution in [1.29, 1.82) is 0 Å². The Morgan fingerprint density at radius 1 is 1.00 bits per heavy atom. The molecule has 0 atom stereocenters. The maximum atomic E-state index is 5.17. The number of aromatic nitrogens is 3. The van der Waals surface area contributed by atoms with Gasteiger partial charge < -0.3 is 9.51 Å². The Morgan fingerprint density at radius 2 is 1.88 bits per heavy atom. The molecule has 0 saturated heterocycles. The Balaban J connectivity index is 2.00. The summed E-state index contributed by atoms with van der Waals surface area (Å²) in [5.74, 6) is 1.11. The first-order valence-electron chi connectivity index (χ1n) is 4.96. The Bertz CT molecular complexity index is 569. The molecule has 3 rings (SSSR count). The standard InChI is InChI=1S/C12H9N3O/c1-2-5-9(6-3-1)11-14-12(16-15-11)10-7-4-8-13-10/h1-8,13H. The van der Waals surface area contributed by atoms with E-state index in [4.69, 9.17) is 4.52 Å². The average molecular weight is 211 g/mol. The molecule has 4 nitrogen and oxygen atoms in total. The highest BCUT2D eigenvalue weighted by molar-refractivity contribution is 5.57. The van der Waals surface area contributed by atoms with Gasteiger partial charge in [0.1, 0.15) is 5.69 Å². The van der Waals surface area contributed by atoms with Gasteiger partial charge in [-0.1, -0.05) is 35.5 Å². The molecule has 4 heteroatoms. The quantitative estimate of drug-likeness (QED) is 0.709. The molecule has 1 aromatic carbocycles. The molecule has 0 saturated carbocycles. The van der Waals surface area contributed by atoms with Crippen molar-refractivity contribution in [3.05, 3.63) is 48.7 Å². The summed E-state index contributed by atoms with van der Waals surface area (Å²) in [6.45, 7) is 0. The Hall–Kier alpha value is -2.36. The lowest BCUT2D eigenvalue weighted by molar-refractivity contribution is 0.431. The summed E-state index contributed by atoms with van der Waals surface area (Å²) >= 11 is 0. The van der Waals surface area contributed by atoms with Crippen LogP contribution in [0.3, 0.4) is 0 Å². The minimum absolute atomic E-state index is 0.504. The molecule has 78 valence electrons. The van der Waals surface area contributed by atoms with Crippen LogP contribution in [0, 0.1) is 0 Å². The van der Waals surface area contributed by atoms with Crippen LogP contribution in [0.25, 0.3) is 23.0 Å². The first kappa shape index (κ1) is 8.91. The molecular formula is C12H9N3O. The van der Waals surface area contributed by atoms with Gasteiger partial charge in [0.15, 0.2) is 0 Å². The monoisotopic (exact) mass is 211 g/mol. The fourth-order valence-corrected chi connectivity index (χ4v) is 1.50. The van der Waals surface area contributed by atoms with Gasteiger partial charge in [-0.2, -0.15) is 4.98 Å². The minimum Gasteiger partial charge on any atom is -0.357 e. The van der Waals surface area contributed by atoms with Crippen LogP contribution in [-0.2, 0) is 0 Å². The van der Waals surface area contributed by atoms with Gasteiger partial charge in [0.25, 0.3) is 5.89 Å². The van der Waals surface area contributed by atoms with E-state index in [9.17, 15) is 0 Å². The van der Waals surface area contributed by atoms with Crippen molar-refractivity contribution in [1.82, 2.24) is 15.1 Å². The molecule has 0 amide bonds. The van der Waals surface area contributed by atoms with Crippen LogP contribution in [0.1, 0.15) is 0 Å². The van der Waals surface area contributed by atoms with Crippen LogP contribution in [0.2, 0.25) is 0 Å². The summed E-state index contributed by atoms with van der Waals surface area (Å²) in [4.78, 5) is 7.34. The third-order valence-corrected chi connectivity index (χ3v) is 2.29. The van der Waals surface area contributed by atoms with Crippen LogP contribution < -0.4 is 0 Å². The normalized spacial score (nSPS) is 10.5. The van der Waals surface area contributed by atoms with E-state index in [2.05, 4.69) is 15.1 Å². The van der Waals surface area contributed by atoms with E-state index in [1.165, 1.54) is 0 Å². The zero-order valence-electron chi connectivity index (χ0n) is 8.42. The molecule has 0 aliphatic heterocycles. The topological polar surface area (TPSA) is 54.7 Å². The Kier molecular flexibility index (Phi) is 2.04. The van der Waals surface area contributed by atoms with E-state index >= 15 is 0 Å². The zero-order chi connectivity index (χ0) is 10.8. The van der Waals surface area contributed by atoms with E-state index in [1.807, 2.05) is 48.7 Å². The smallest absolute Gasteiger partial charge is 0.274 e. The summed E-state index contributed by atoms with van der Waals surface area (Å²) in [5, 5.41) is 3.94. The van der Waals surface area contributed by atoms with Crippen molar-refractivity contribution < 1.29 is 4.52 Å². The molecule has 0 spiro atoms. The number of nitrogens with one attached hydrogen (secondary N) is 1. The lowest BCUT2D eigenvalue weighted by Gasteiger charge is -1.90. The number of benzene rings is 1. The SMILES string of the molecule is c1ccc(-c2noc(-c3ccc[nH]3)n2)cc1. The number of hydrogen-bond acceptors (Lipinski definition) is 3. The molecule has 0 aliphatic carbocycles. The van der Waals surface area contributed by atoms with E-state index in [-0.39, 0.29) is 0 Å². The summed E-state index contributed by atoms with van der Waals surface area (Å²) in [5.41, 5.74) is 1.78. The molecule has 2 heterocycles. The second-order valence-electron chi connectivity index (χ2n) is 3.37. The molecule has 2 aromatic heterocycles. The Labute approximate surface area is 91.9 Å². The van der Waals surface area contributed by atoms with Gasteiger partial charge >= 0.3 is 0 Å². The van der Waals surface area contributed by atoms with Crippen LogP contribution in [0.4, 0.5) is 0 Å². The van der Waals surface area contributed by atoms with Crippen molar-refractivity contribution in [3.8, 4) is 23.0 Å². The fraction of sp³-hybridized carbons (Fsp3) is 0. The summed E-state index contributed by atoms with van der Waals surface area (Å²) in [6.07, 6.45) is 1.82. The highest BCUT2D eigenvalue weighted by atomic mass is 16.5. The molecule has 16 heavy (non-hydrogen) atoms. The van der Waals surface area contributed by atoms with Gasteiger partial charge in [0.05, 0.1) is 0 Å². The molecule has 0 bridgehead atoms. The van der Waals surface area contributed by atoms with Crippen LogP contribution in [0.15, 0.2) is 53.2 Å². The summed E-state index contributed by atoms with van der Waals surface area (Å²) in [6, 6.07) is 13.5. The average Bonchev–Trinajstić information content (AvgIpc) is 3.01. The summed E-state index contributed by atoms with van der Waals surface area (Å²) < 4.78 is 5.17. The predicted molar refractivity (Wildman–Crippen MR) is 59.5 cm³/mol. The maximum absolute atomic E-state index is 5.17. The number of rotatable bonds is 2. The van der Waals surface area contributed by atoms with Crippen LogP contribution in [0.5, 0.6) is 0 Å². The van der Waals surface area contributed by atoms with Crippen molar-refractivity contribution in [2.24, 2.45) is 0 Å². The second-order valence-corrected chi connectivity index (χ2v) is 3.37. The molecule has 0 radical (unpaired) electrons. The van der Waals surface area contributed by atoms with E-state index in [0.717, 1.165) is 11.3 Å². The second kappa shape index (κ2) is 3.66. The van der Waals surface area contributed by atoms with Gasteiger partial charge in [-0.05, 0) is 12.1 Å². The first-order chi connectivity index (χ1) is 7.93. The number of nitrogens with zero attached hydrogens (tertiary/aromatic N) is 2. The Morgan fingerprint density at radius 3 is 2.62 bits per heavy atom. The first-order valence-corrected chi connectivity index (χ1v) is 4.96. The number of hydrogen-bond donors (Lipinski definition) is 1. The zero-order valence-corrected chi connectivity index (χ0v) is 8.42. The minimum atomic E-state index is 0.504. The van der Waals surface area contributed by atoms with E-state index < -0.39 is 0 Å². The molecule has 0 fully saturated rings. The molecule has 0 aliphatic rings. The maximum Gasteiger partial charge on any atom is 0.274 e. The summed E-state index contributed by atoms with van der Waals surface area (Å²) in [7, 11) is 0. The van der Waals surface area contributed by atoms with Gasteiger partial charge in [-0.15, -0.1) is 0 Å². The van der Waals surface area contributed by atoms with Crippen molar-refractivity contribution in [3.63, 3.8) is 0 Å². The molecular weight excluding hydrogens is 202 g/mol. The van der Waals surface area contributed by atoms with Crippen molar-refractivity contribution >= 4 is 0 Å². The third kappa shape index (κ3) is 1.50. The lowest BCUT2D eigenvalue weighted by Crippen LogP contribution is -1.80. The van der Waals surface area contributed by atoms with Crippen LogP contribution in [-0.4, -0.2) is 15.1 Å². The predicted octanol–water partition coefficient (Wildman–Crippen LogP) is 2.73. The van der Waals surface area contributed by atoms with E-state index in [0.29, 0.717) is 11.7 Å². The largest absolute Gasteiger partial charge is 0.357 e. The van der Waals surface area contributed by atoms with Gasteiger partial charge in [0.2, 0.25) is 5.82 Å². The molecule has 1 N–H and O–H groups in total. The van der Waals surface area contributed by atoms with Crippen LogP contribution >= 0.6 is 0 Å². The fourth-order valence-electron chi connectivity index (χ4n) is 1.50. The third-order valence-electron chi connectivity index (χ3n) is 2.29. The highest BCUT2D eigenvalue weighted by Gasteiger charge is 2.09. The van der Waals surface area contributed by atoms with Gasteiger partial charge in [-0.25, -0.2) is 0 Å². The van der Waals surface area contributed by atoms with Gasteiger partial charge in [0, 0.05) is 11.8 Å². The molecule has 3 aromatic rings. The number of H-pyrrole nitrogens is 1. The molecule has 0 unspecified atom stereocenters. The van der Waals surface area contributed by atoms with Crippen molar-refractivity contribution in [2.45, 2.75) is 0 Å². The lowest BCUT2D eigenvalue weighted by atomic mass is 10.2.